The van der Waals surface area contributed by atoms with Crippen LogP contribution in [0.3, 0.4) is 0 Å². The lowest BCUT2D eigenvalue weighted by Gasteiger charge is -2.32. The maximum Gasteiger partial charge on any atom is 0.339 e. The van der Waals surface area contributed by atoms with Crippen LogP contribution in [0.25, 0.3) is 0 Å². The van der Waals surface area contributed by atoms with E-state index in [4.69, 9.17) is 0 Å². The molecule has 0 aromatic carbocycles. The second-order valence-corrected chi connectivity index (χ2v) is 5.80. The number of nitrogens with one attached hydrogen (secondary N) is 1. The van der Waals surface area contributed by atoms with Gasteiger partial charge in [0.25, 0.3) is 0 Å². The summed E-state index contributed by atoms with van der Waals surface area (Å²) in [6.07, 6.45) is 6.50. The number of hydrogen-bond acceptors (Lipinski definition) is 4. The zero-order valence-electron chi connectivity index (χ0n) is 11.8. The van der Waals surface area contributed by atoms with Gasteiger partial charge in [0.2, 0.25) is 0 Å². The van der Waals surface area contributed by atoms with Gasteiger partial charge in [0.05, 0.1) is 0 Å². The molecule has 3 heterocycles. The molecule has 2 fully saturated rings. The normalized spacial score (nSPS) is 26.2. The standard InChI is InChI=1S/C15H21N3O2/c1-10-5-7-16-14(13(10)15(19)20)17-11-6-9-18-8-3-2-4-12(11)18/h5,7,11-12H,2-4,6,8-9H2,1H3,(H,16,17)(H,19,20). The topological polar surface area (TPSA) is 65.5 Å². The van der Waals surface area contributed by atoms with Gasteiger partial charge in [0, 0.05) is 24.8 Å². The second-order valence-electron chi connectivity index (χ2n) is 5.80. The summed E-state index contributed by atoms with van der Waals surface area (Å²) in [7, 11) is 0. The molecule has 2 aliphatic heterocycles. The van der Waals surface area contributed by atoms with Crippen LogP contribution in [-0.4, -0.2) is 46.1 Å². The average Bonchev–Trinajstić information content (AvgIpc) is 2.82. The van der Waals surface area contributed by atoms with Gasteiger partial charge in [0.15, 0.2) is 0 Å². The molecule has 3 rings (SSSR count). The van der Waals surface area contributed by atoms with Crippen molar-refractivity contribution in [1.29, 1.82) is 0 Å². The van der Waals surface area contributed by atoms with Gasteiger partial charge in [0.1, 0.15) is 11.4 Å². The maximum atomic E-state index is 11.4. The molecule has 2 atom stereocenters. The largest absolute Gasteiger partial charge is 0.478 e. The summed E-state index contributed by atoms with van der Waals surface area (Å²) in [5, 5.41) is 12.8. The number of hydrogen-bond donors (Lipinski definition) is 2. The molecule has 2 unspecified atom stereocenters. The molecule has 0 aliphatic carbocycles. The van der Waals surface area contributed by atoms with E-state index in [1.54, 1.807) is 12.3 Å². The first-order valence-electron chi connectivity index (χ1n) is 7.36. The third-order valence-electron chi connectivity index (χ3n) is 4.55. The highest BCUT2D eigenvalue weighted by molar-refractivity contribution is 5.94. The molecule has 20 heavy (non-hydrogen) atoms. The van der Waals surface area contributed by atoms with Gasteiger partial charge in [-0.1, -0.05) is 6.42 Å². The van der Waals surface area contributed by atoms with E-state index in [9.17, 15) is 9.90 Å². The Morgan fingerprint density at radius 2 is 2.25 bits per heavy atom. The van der Waals surface area contributed by atoms with E-state index in [0.29, 0.717) is 23.5 Å². The van der Waals surface area contributed by atoms with Crippen molar-refractivity contribution in [2.75, 3.05) is 18.4 Å². The molecule has 108 valence electrons. The number of piperidine rings is 1. The lowest BCUT2D eigenvalue weighted by molar-refractivity contribution is 0.0696. The Labute approximate surface area is 119 Å². The van der Waals surface area contributed by atoms with E-state index in [0.717, 1.165) is 18.5 Å². The van der Waals surface area contributed by atoms with Crippen molar-refractivity contribution in [3.05, 3.63) is 23.4 Å². The first-order chi connectivity index (χ1) is 9.66. The molecule has 0 radical (unpaired) electrons. The SMILES string of the molecule is Cc1ccnc(NC2CCN3CCCCC23)c1C(=O)O. The molecule has 5 heteroatoms. The third kappa shape index (κ3) is 2.38. The number of pyridine rings is 1. The van der Waals surface area contributed by atoms with Crippen LogP contribution in [0, 0.1) is 6.92 Å². The maximum absolute atomic E-state index is 11.4. The molecule has 0 saturated carbocycles. The third-order valence-corrected chi connectivity index (χ3v) is 4.55. The van der Waals surface area contributed by atoms with Gasteiger partial charge in [-0.25, -0.2) is 9.78 Å². The Hall–Kier alpha value is -1.62. The number of fused-ring (bicyclic) bond motifs is 1. The molecule has 1 aromatic heterocycles. The summed E-state index contributed by atoms with van der Waals surface area (Å²) in [6.45, 7) is 4.10. The molecular weight excluding hydrogens is 254 g/mol. The highest BCUT2D eigenvalue weighted by Crippen LogP contribution is 2.30. The second kappa shape index (κ2) is 5.40. The lowest BCUT2D eigenvalue weighted by Crippen LogP contribution is -2.42. The Kier molecular flexibility index (Phi) is 3.61. The monoisotopic (exact) mass is 275 g/mol. The number of carboxylic acid groups (broad SMARTS) is 1. The zero-order valence-corrected chi connectivity index (χ0v) is 11.8. The van der Waals surface area contributed by atoms with E-state index in [2.05, 4.69) is 15.2 Å². The van der Waals surface area contributed by atoms with Gasteiger partial charge in [-0.15, -0.1) is 0 Å². The fraction of sp³-hybridized carbons (Fsp3) is 0.600. The number of nitrogens with zero attached hydrogens (tertiary/aromatic N) is 2. The zero-order chi connectivity index (χ0) is 14.1. The van der Waals surface area contributed by atoms with Crippen molar-refractivity contribution in [2.24, 2.45) is 0 Å². The minimum absolute atomic E-state index is 0.307. The summed E-state index contributed by atoms with van der Waals surface area (Å²) in [5.74, 6) is -0.383. The first-order valence-corrected chi connectivity index (χ1v) is 7.36. The van der Waals surface area contributed by atoms with Crippen molar-refractivity contribution in [3.63, 3.8) is 0 Å². The summed E-state index contributed by atoms with van der Waals surface area (Å²) < 4.78 is 0. The average molecular weight is 275 g/mol. The summed E-state index contributed by atoms with van der Waals surface area (Å²) in [5.41, 5.74) is 1.07. The van der Waals surface area contributed by atoms with Crippen molar-refractivity contribution in [3.8, 4) is 0 Å². The minimum Gasteiger partial charge on any atom is -0.478 e. The molecule has 5 nitrogen and oxygen atoms in total. The molecule has 1 aromatic rings. The molecule has 2 aliphatic rings. The van der Waals surface area contributed by atoms with Crippen LogP contribution in [0.5, 0.6) is 0 Å². The van der Waals surface area contributed by atoms with Gasteiger partial charge < -0.3 is 10.4 Å². The van der Waals surface area contributed by atoms with Crippen molar-refractivity contribution >= 4 is 11.8 Å². The van der Waals surface area contributed by atoms with Crippen LogP contribution in [0.4, 0.5) is 5.82 Å². The Morgan fingerprint density at radius 3 is 3.05 bits per heavy atom. The smallest absolute Gasteiger partial charge is 0.339 e. The number of aryl methyl sites for hydroxylation is 1. The van der Waals surface area contributed by atoms with E-state index in [-0.39, 0.29) is 0 Å². The summed E-state index contributed by atoms with van der Waals surface area (Å²) in [4.78, 5) is 18.2. The number of carboxylic acids is 1. The predicted octanol–water partition coefficient (Wildman–Crippen LogP) is 2.13. The van der Waals surface area contributed by atoms with Gasteiger partial charge in [-0.2, -0.15) is 0 Å². The molecule has 0 bridgehead atoms. The number of aromatic carboxylic acids is 1. The Bertz CT molecular complexity index is 518. The highest BCUT2D eigenvalue weighted by atomic mass is 16.4. The fourth-order valence-electron chi connectivity index (χ4n) is 3.53. The van der Waals surface area contributed by atoms with Gasteiger partial charge in [-0.3, -0.25) is 4.90 Å². The van der Waals surface area contributed by atoms with Crippen LogP contribution >= 0.6 is 0 Å². The first kappa shape index (κ1) is 13.4. The summed E-state index contributed by atoms with van der Waals surface area (Å²) in [6, 6.07) is 2.60. The molecule has 2 saturated heterocycles. The predicted molar refractivity (Wildman–Crippen MR) is 77.2 cm³/mol. The van der Waals surface area contributed by atoms with Crippen LogP contribution < -0.4 is 5.32 Å². The van der Waals surface area contributed by atoms with Crippen LogP contribution in [0.2, 0.25) is 0 Å². The van der Waals surface area contributed by atoms with E-state index < -0.39 is 5.97 Å². The van der Waals surface area contributed by atoms with E-state index >= 15 is 0 Å². The minimum atomic E-state index is -0.906. The summed E-state index contributed by atoms with van der Waals surface area (Å²) >= 11 is 0. The van der Waals surface area contributed by atoms with Crippen molar-refractivity contribution in [2.45, 2.75) is 44.7 Å². The van der Waals surface area contributed by atoms with Gasteiger partial charge >= 0.3 is 5.97 Å². The van der Waals surface area contributed by atoms with Crippen LogP contribution in [-0.2, 0) is 0 Å². The number of aromatic nitrogens is 1. The highest BCUT2D eigenvalue weighted by Gasteiger charge is 2.36. The van der Waals surface area contributed by atoms with Gasteiger partial charge in [-0.05, 0) is 44.4 Å². The molecule has 0 amide bonds. The lowest BCUT2D eigenvalue weighted by atomic mass is 9.98. The number of anilines is 1. The molecular formula is C15H21N3O2. The van der Waals surface area contributed by atoms with E-state index in [1.807, 2.05) is 6.92 Å². The van der Waals surface area contributed by atoms with Crippen molar-refractivity contribution in [1.82, 2.24) is 9.88 Å². The fourth-order valence-corrected chi connectivity index (χ4v) is 3.53. The number of carbonyl (C=O) groups is 1. The Morgan fingerprint density at radius 1 is 1.40 bits per heavy atom. The Balaban J connectivity index is 1.81. The molecule has 2 N–H and O–H groups in total. The van der Waals surface area contributed by atoms with Crippen molar-refractivity contribution < 1.29 is 9.90 Å². The number of rotatable bonds is 3. The van der Waals surface area contributed by atoms with E-state index in [1.165, 1.54) is 25.8 Å². The quantitative estimate of drug-likeness (QED) is 0.884. The molecule has 0 spiro atoms. The van der Waals surface area contributed by atoms with Crippen LogP contribution in [0.15, 0.2) is 12.3 Å². The van der Waals surface area contributed by atoms with Crippen LogP contribution in [0.1, 0.15) is 41.6 Å².